The van der Waals surface area contributed by atoms with Gasteiger partial charge in [0.2, 0.25) is 0 Å². The highest BCUT2D eigenvalue weighted by Gasteiger charge is 2.20. The lowest BCUT2D eigenvalue weighted by Crippen LogP contribution is -2.28. The minimum Gasteiger partial charge on any atom is -0.372 e. The highest BCUT2D eigenvalue weighted by Crippen LogP contribution is 2.11. The maximum Gasteiger partial charge on any atom is 0.274 e. The Labute approximate surface area is 88.5 Å². The van der Waals surface area contributed by atoms with Crippen molar-refractivity contribution in [2.24, 2.45) is 0 Å². The fourth-order valence-corrected chi connectivity index (χ4v) is 1.65. The summed E-state index contributed by atoms with van der Waals surface area (Å²) in [6.07, 6.45) is 5.28. The maximum atomic E-state index is 11.8. The Morgan fingerprint density at radius 3 is 2.60 bits per heavy atom. The van der Waals surface area contributed by atoms with Crippen LogP contribution < -0.4 is 5.32 Å². The van der Waals surface area contributed by atoms with Gasteiger partial charge in [-0.15, -0.1) is 0 Å². The van der Waals surface area contributed by atoms with Crippen LogP contribution in [0.3, 0.4) is 0 Å². The summed E-state index contributed by atoms with van der Waals surface area (Å²) >= 11 is 0. The molecule has 1 N–H and O–H groups in total. The summed E-state index contributed by atoms with van der Waals surface area (Å²) in [4.78, 5) is 21.8. The number of carbonyl (C=O) groups excluding carboxylic acids is 1. The molecule has 1 aromatic rings. The van der Waals surface area contributed by atoms with Gasteiger partial charge in [0.25, 0.3) is 5.91 Å². The normalized spacial score (nSPS) is 15.4. The Bertz CT molecular complexity index is 343. The first-order valence-corrected chi connectivity index (χ1v) is 5.10. The molecular formula is C10H14N4O. The maximum absolute atomic E-state index is 11.8. The highest BCUT2D eigenvalue weighted by molar-refractivity contribution is 5.92. The topological polar surface area (TPSA) is 58.1 Å². The first-order valence-electron chi connectivity index (χ1n) is 5.10. The third-order valence-corrected chi connectivity index (χ3v) is 2.52. The van der Waals surface area contributed by atoms with Crippen molar-refractivity contribution in [2.45, 2.75) is 12.8 Å². The smallest absolute Gasteiger partial charge is 0.274 e. The summed E-state index contributed by atoms with van der Waals surface area (Å²) in [5.41, 5.74) is 0.427. The molecule has 1 amide bonds. The van der Waals surface area contributed by atoms with Gasteiger partial charge in [0, 0.05) is 20.1 Å². The van der Waals surface area contributed by atoms with Crippen LogP contribution in [0.15, 0.2) is 12.4 Å². The first-order chi connectivity index (χ1) is 7.31. The zero-order valence-corrected chi connectivity index (χ0v) is 8.73. The van der Waals surface area contributed by atoms with Crippen LogP contribution in [0.2, 0.25) is 0 Å². The number of hydrogen-bond acceptors (Lipinski definition) is 4. The zero-order chi connectivity index (χ0) is 10.7. The summed E-state index contributed by atoms with van der Waals surface area (Å²) in [5, 5.41) is 2.86. The molecule has 0 atom stereocenters. The van der Waals surface area contributed by atoms with Crippen molar-refractivity contribution in [2.75, 3.05) is 25.5 Å². The molecule has 0 aromatic carbocycles. The Hall–Kier alpha value is -1.65. The van der Waals surface area contributed by atoms with E-state index in [2.05, 4.69) is 15.3 Å². The number of carbonyl (C=O) groups is 1. The second kappa shape index (κ2) is 4.25. The third kappa shape index (κ3) is 2.06. The Morgan fingerprint density at radius 2 is 2.07 bits per heavy atom. The summed E-state index contributed by atoms with van der Waals surface area (Å²) in [5.74, 6) is 0.663. The van der Waals surface area contributed by atoms with E-state index in [0.717, 1.165) is 25.9 Å². The first kappa shape index (κ1) is 9.89. The average Bonchev–Trinajstić information content (AvgIpc) is 2.82. The average molecular weight is 206 g/mol. The number of aromatic nitrogens is 2. The molecule has 2 heterocycles. The van der Waals surface area contributed by atoms with Crippen LogP contribution in [0.5, 0.6) is 0 Å². The highest BCUT2D eigenvalue weighted by atomic mass is 16.2. The monoisotopic (exact) mass is 206 g/mol. The molecule has 0 saturated carbocycles. The fourth-order valence-electron chi connectivity index (χ4n) is 1.65. The van der Waals surface area contributed by atoms with Gasteiger partial charge in [0.15, 0.2) is 0 Å². The number of nitrogens with zero attached hydrogens (tertiary/aromatic N) is 3. The number of nitrogens with one attached hydrogen (secondary N) is 1. The lowest BCUT2D eigenvalue weighted by molar-refractivity contribution is 0.0786. The van der Waals surface area contributed by atoms with E-state index in [1.165, 1.54) is 6.20 Å². The summed E-state index contributed by atoms with van der Waals surface area (Å²) in [6, 6.07) is 0. The van der Waals surface area contributed by atoms with Gasteiger partial charge in [0.1, 0.15) is 11.5 Å². The molecule has 1 fully saturated rings. The van der Waals surface area contributed by atoms with E-state index >= 15 is 0 Å². The van der Waals surface area contributed by atoms with Crippen LogP contribution in [-0.2, 0) is 0 Å². The Balaban J connectivity index is 2.11. The Morgan fingerprint density at radius 1 is 1.33 bits per heavy atom. The molecule has 0 aliphatic carbocycles. The molecule has 0 unspecified atom stereocenters. The minimum absolute atomic E-state index is 0.0114. The van der Waals surface area contributed by atoms with Crippen LogP contribution in [0.25, 0.3) is 0 Å². The van der Waals surface area contributed by atoms with E-state index in [0.29, 0.717) is 11.5 Å². The van der Waals surface area contributed by atoms with Crippen LogP contribution in [0.4, 0.5) is 5.82 Å². The van der Waals surface area contributed by atoms with Crippen molar-refractivity contribution in [3.63, 3.8) is 0 Å². The van der Waals surface area contributed by atoms with Crippen LogP contribution >= 0.6 is 0 Å². The Kier molecular flexibility index (Phi) is 2.80. The number of likely N-dealkylation sites (tertiary alicyclic amines) is 1. The van der Waals surface area contributed by atoms with Crippen molar-refractivity contribution in [3.05, 3.63) is 18.1 Å². The molecule has 1 aliphatic heterocycles. The molecule has 5 heteroatoms. The quantitative estimate of drug-likeness (QED) is 0.776. The van der Waals surface area contributed by atoms with Gasteiger partial charge >= 0.3 is 0 Å². The molecule has 1 aliphatic rings. The molecule has 2 rings (SSSR count). The SMILES string of the molecule is CNc1cnc(C(=O)N2CCCC2)cn1. The largest absolute Gasteiger partial charge is 0.372 e. The minimum atomic E-state index is -0.0114. The molecule has 0 spiro atoms. The van der Waals surface area contributed by atoms with Gasteiger partial charge in [-0.05, 0) is 12.8 Å². The second-order valence-corrected chi connectivity index (χ2v) is 3.54. The summed E-state index contributed by atoms with van der Waals surface area (Å²) in [7, 11) is 1.77. The molecule has 80 valence electrons. The van der Waals surface area contributed by atoms with Gasteiger partial charge in [-0.25, -0.2) is 9.97 Å². The summed E-state index contributed by atoms with van der Waals surface area (Å²) < 4.78 is 0. The van der Waals surface area contributed by atoms with E-state index in [4.69, 9.17) is 0 Å². The molecule has 5 nitrogen and oxygen atoms in total. The van der Waals surface area contributed by atoms with Gasteiger partial charge in [0.05, 0.1) is 12.4 Å². The van der Waals surface area contributed by atoms with E-state index in [9.17, 15) is 4.79 Å². The standard InChI is InChI=1S/C10H14N4O/c1-11-9-7-12-8(6-13-9)10(15)14-4-2-3-5-14/h6-7H,2-5H2,1H3,(H,11,13). The molecule has 1 aromatic heterocycles. The lowest BCUT2D eigenvalue weighted by Gasteiger charge is -2.13. The van der Waals surface area contributed by atoms with E-state index in [-0.39, 0.29) is 5.91 Å². The van der Waals surface area contributed by atoms with Gasteiger partial charge in [-0.2, -0.15) is 0 Å². The van der Waals surface area contributed by atoms with Crippen molar-refractivity contribution >= 4 is 11.7 Å². The molecular weight excluding hydrogens is 192 g/mol. The van der Waals surface area contributed by atoms with Crippen molar-refractivity contribution in [3.8, 4) is 0 Å². The van der Waals surface area contributed by atoms with Crippen molar-refractivity contribution in [1.82, 2.24) is 14.9 Å². The van der Waals surface area contributed by atoms with Crippen molar-refractivity contribution < 1.29 is 4.79 Å². The summed E-state index contributed by atoms with van der Waals surface area (Å²) in [6.45, 7) is 1.68. The molecule has 1 saturated heterocycles. The number of amides is 1. The van der Waals surface area contributed by atoms with Gasteiger partial charge in [-0.3, -0.25) is 4.79 Å². The van der Waals surface area contributed by atoms with Gasteiger partial charge < -0.3 is 10.2 Å². The number of hydrogen-bond donors (Lipinski definition) is 1. The third-order valence-electron chi connectivity index (χ3n) is 2.52. The van der Waals surface area contributed by atoms with Crippen LogP contribution in [0.1, 0.15) is 23.3 Å². The number of anilines is 1. The van der Waals surface area contributed by atoms with Crippen LogP contribution in [0, 0.1) is 0 Å². The molecule has 15 heavy (non-hydrogen) atoms. The zero-order valence-electron chi connectivity index (χ0n) is 8.73. The lowest BCUT2D eigenvalue weighted by atomic mass is 10.4. The van der Waals surface area contributed by atoms with E-state index < -0.39 is 0 Å². The predicted octanol–water partition coefficient (Wildman–Crippen LogP) is 0.754. The van der Waals surface area contributed by atoms with Crippen molar-refractivity contribution in [1.29, 1.82) is 0 Å². The predicted molar refractivity (Wildman–Crippen MR) is 56.7 cm³/mol. The van der Waals surface area contributed by atoms with E-state index in [1.54, 1.807) is 13.2 Å². The second-order valence-electron chi connectivity index (χ2n) is 3.54. The fraction of sp³-hybridized carbons (Fsp3) is 0.500. The van der Waals surface area contributed by atoms with E-state index in [1.807, 2.05) is 4.90 Å². The van der Waals surface area contributed by atoms with Crippen LogP contribution in [-0.4, -0.2) is 40.9 Å². The van der Waals surface area contributed by atoms with Gasteiger partial charge in [-0.1, -0.05) is 0 Å². The number of rotatable bonds is 2. The molecule has 0 bridgehead atoms. The molecule has 0 radical (unpaired) electrons.